The average molecular weight is 283 g/mol. The summed E-state index contributed by atoms with van der Waals surface area (Å²) in [6.45, 7) is 0.928. The number of nitrogens with one attached hydrogen (secondary N) is 3. The molecule has 4 rings (SSSR count). The minimum Gasteiger partial charge on any atom is -0.369 e. The SMILES string of the molecule is O=C(Nc1nc2ccccc2[nH]1)C1=CNC2CCCCN12. The number of carbonyl (C=O) groups excluding carboxylic acids is 1. The molecular weight excluding hydrogens is 266 g/mol. The smallest absolute Gasteiger partial charge is 0.275 e. The van der Waals surface area contributed by atoms with Crippen LogP contribution in [0.4, 0.5) is 5.95 Å². The summed E-state index contributed by atoms with van der Waals surface area (Å²) in [5.74, 6) is 0.369. The molecule has 3 heterocycles. The third-order valence-electron chi connectivity index (χ3n) is 4.08. The Balaban J connectivity index is 1.53. The third-order valence-corrected chi connectivity index (χ3v) is 4.08. The van der Waals surface area contributed by atoms with E-state index in [1.807, 2.05) is 30.5 Å². The normalized spacial score (nSPS) is 20.9. The lowest BCUT2D eigenvalue weighted by atomic mass is 10.1. The van der Waals surface area contributed by atoms with Gasteiger partial charge < -0.3 is 15.2 Å². The number of amides is 1. The van der Waals surface area contributed by atoms with E-state index in [-0.39, 0.29) is 12.1 Å². The number of rotatable bonds is 2. The number of hydrogen-bond acceptors (Lipinski definition) is 4. The molecule has 6 nitrogen and oxygen atoms in total. The zero-order valence-corrected chi connectivity index (χ0v) is 11.6. The van der Waals surface area contributed by atoms with E-state index in [9.17, 15) is 4.79 Å². The van der Waals surface area contributed by atoms with Crippen molar-refractivity contribution in [1.82, 2.24) is 20.2 Å². The average Bonchev–Trinajstić information content (AvgIpc) is 3.10. The van der Waals surface area contributed by atoms with Crippen molar-refractivity contribution in [3.8, 4) is 0 Å². The second-order valence-corrected chi connectivity index (χ2v) is 5.46. The number of carbonyl (C=O) groups is 1. The van der Waals surface area contributed by atoms with Crippen LogP contribution in [0.5, 0.6) is 0 Å². The Kier molecular flexibility index (Phi) is 2.80. The number of H-pyrrole nitrogens is 1. The first-order valence-corrected chi connectivity index (χ1v) is 7.30. The number of anilines is 1. The maximum absolute atomic E-state index is 12.4. The number of benzene rings is 1. The van der Waals surface area contributed by atoms with Gasteiger partial charge >= 0.3 is 0 Å². The van der Waals surface area contributed by atoms with Gasteiger partial charge in [-0.15, -0.1) is 0 Å². The number of piperidine rings is 1. The van der Waals surface area contributed by atoms with E-state index >= 15 is 0 Å². The van der Waals surface area contributed by atoms with Gasteiger partial charge in [0.15, 0.2) is 0 Å². The van der Waals surface area contributed by atoms with Crippen LogP contribution in [0.25, 0.3) is 11.0 Å². The molecule has 2 aliphatic heterocycles. The standard InChI is InChI=1S/C15H17N5O/c21-14(12-9-16-13-7-3-4-8-20(12)13)19-15-17-10-5-1-2-6-11(10)18-15/h1-2,5-6,9,13,16H,3-4,7-8H2,(H2,17,18,19,21). The van der Waals surface area contributed by atoms with Crippen molar-refractivity contribution in [3.05, 3.63) is 36.2 Å². The number of nitrogens with zero attached hydrogens (tertiary/aromatic N) is 2. The monoisotopic (exact) mass is 283 g/mol. The molecule has 0 radical (unpaired) electrons. The van der Waals surface area contributed by atoms with Crippen LogP contribution in [-0.2, 0) is 4.79 Å². The van der Waals surface area contributed by atoms with Crippen molar-refractivity contribution in [2.75, 3.05) is 11.9 Å². The summed E-state index contributed by atoms with van der Waals surface area (Å²) in [6.07, 6.45) is 5.51. The van der Waals surface area contributed by atoms with Crippen LogP contribution >= 0.6 is 0 Å². The molecular formula is C15H17N5O. The van der Waals surface area contributed by atoms with Crippen LogP contribution in [0, 0.1) is 0 Å². The minimum atomic E-state index is -0.119. The molecule has 1 atom stereocenters. The van der Waals surface area contributed by atoms with Crippen LogP contribution in [0.15, 0.2) is 36.2 Å². The molecule has 21 heavy (non-hydrogen) atoms. The lowest BCUT2D eigenvalue weighted by Gasteiger charge is -2.32. The maximum atomic E-state index is 12.4. The minimum absolute atomic E-state index is 0.119. The topological polar surface area (TPSA) is 73.0 Å². The molecule has 0 aliphatic carbocycles. The first-order chi connectivity index (χ1) is 10.3. The van der Waals surface area contributed by atoms with E-state index in [4.69, 9.17) is 0 Å². The lowest BCUT2D eigenvalue weighted by Crippen LogP contribution is -2.42. The number of para-hydroxylation sites is 2. The van der Waals surface area contributed by atoms with Crippen LogP contribution in [0.1, 0.15) is 19.3 Å². The molecule has 1 aromatic carbocycles. The number of hydrogen-bond donors (Lipinski definition) is 3. The number of aromatic amines is 1. The fraction of sp³-hybridized carbons (Fsp3) is 0.333. The van der Waals surface area contributed by atoms with Gasteiger partial charge in [0.05, 0.1) is 17.2 Å². The Morgan fingerprint density at radius 1 is 1.33 bits per heavy atom. The van der Waals surface area contributed by atoms with Crippen LogP contribution in [0.3, 0.4) is 0 Å². The third kappa shape index (κ3) is 2.12. The zero-order chi connectivity index (χ0) is 14.2. The highest BCUT2D eigenvalue weighted by Crippen LogP contribution is 2.24. The van der Waals surface area contributed by atoms with E-state index in [0.717, 1.165) is 30.4 Å². The maximum Gasteiger partial charge on any atom is 0.275 e. The molecule has 108 valence electrons. The zero-order valence-electron chi connectivity index (χ0n) is 11.6. The Labute approximate surface area is 122 Å². The van der Waals surface area contributed by atoms with Crippen molar-refractivity contribution in [2.45, 2.75) is 25.4 Å². The van der Waals surface area contributed by atoms with Gasteiger partial charge in [0.25, 0.3) is 5.91 Å². The van der Waals surface area contributed by atoms with Crippen molar-refractivity contribution in [1.29, 1.82) is 0 Å². The van der Waals surface area contributed by atoms with Gasteiger partial charge in [-0.25, -0.2) is 4.98 Å². The molecule has 1 amide bonds. The fourth-order valence-corrected chi connectivity index (χ4v) is 3.03. The highest BCUT2D eigenvalue weighted by Gasteiger charge is 2.31. The van der Waals surface area contributed by atoms with E-state index in [1.165, 1.54) is 6.42 Å². The first-order valence-electron chi connectivity index (χ1n) is 7.30. The highest BCUT2D eigenvalue weighted by atomic mass is 16.2. The van der Waals surface area contributed by atoms with Gasteiger partial charge in [-0.3, -0.25) is 10.1 Å². The molecule has 2 aliphatic rings. The molecule has 1 saturated heterocycles. The van der Waals surface area contributed by atoms with Gasteiger partial charge in [-0.05, 0) is 31.4 Å². The van der Waals surface area contributed by atoms with Crippen LogP contribution in [-0.4, -0.2) is 33.5 Å². The molecule has 0 saturated carbocycles. The summed E-state index contributed by atoms with van der Waals surface area (Å²) in [5.41, 5.74) is 2.46. The molecule has 2 aromatic rings. The molecule has 1 unspecified atom stereocenters. The van der Waals surface area contributed by atoms with Crippen molar-refractivity contribution < 1.29 is 4.79 Å². The Morgan fingerprint density at radius 2 is 2.24 bits per heavy atom. The predicted molar refractivity (Wildman–Crippen MR) is 80.3 cm³/mol. The van der Waals surface area contributed by atoms with E-state index in [2.05, 4.69) is 25.5 Å². The van der Waals surface area contributed by atoms with Gasteiger partial charge in [0, 0.05) is 12.7 Å². The summed E-state index contributed by atoms with van der Waals surface area (Å²) in [5, 5.41) is 6.13. The summed E-state index contributed by atoms with van der Waals surface area (Å²) >= 11 is 0. The Bertz CT molecular complexity index is 687. The van der Waals surface area contributed by atoms with Gasteiger partial charge in [0.1, 0.15) is 5.70 Å². The van der Waals surface area contributed by atoms with Gasteiger partial charge in [-0.2, -0.15) is 0 Å². The Hall–Kier alpha value is -2.50. The number of imidazole rings is 1. The van der Waals surface area contributed by atoms with Crippen molar-refractivity contribution >= 4 is 22.9 Å². The summed E-state index contributed by atoms with van der Waals surface area (Å²) < 4.78 is 0. The van der Waals surface area contributed by atoms with Crippen LogP contribution in [0.2, 0.25) is 0 Å². The quantitative estimate of drug-likeness (QED) is 0.785. The van der Waals surface area contributed by atoms with Gasteiger partial charge in [-0.1, -0.05) is 12.1 Å². The molecule has 6 heteroatoms. The summed E-state index contributed by atoms with van der Waals surface area (Å²) in [6, 6.07) is 7.72. The van der Waals surface area contributed by atoms with Crippen molar-refractivity contribution in [3.63, 3.8) is 0 Å². The molecule has 1 fully saturated rings. The number of fused-ring (bicyclic) bond motifs is 2. The Morgan fingerprint density at radius 3 is 3.14 bits per heavy atom. The van der Waals surface area contributed by atoms with E-state index in [1.54, 1.807) is 0 Å². The fourth-order valence-electron chi connectivity index (χ4n) is 3.03. The number of aromatic nitrogens is 2. The lowest BCUT2D eigenvalue weighted by molar-refractivity contribution is -0.114. The second-order valence-electron chi connectivity index (χ2n) is 5.46. The molecule has 0 spiro atoms. The van der Waals surface area contributed by atoms with E-state index < -0.39 is 0 Å². The largest absolute Gasteiger partial charge is 0.369 e. The van der Waals surface area contributed by atoms with E-state index in [0.29, 0.717) is 11.6 Å². The summed E-state index contributed by atoms with van der Waals surface area (Å²) in [7, 11) is 0. The van der Waals surface area contributed by atoms with Crippen molar-refractivity contribution in [2.24, 2.45) is 0 Å². The highest BCUT2D eigenvalue weighted by molar-refractivity contribution is 6.03. The predicted octanol–water partition coefficient (Wildman–Crippen LogP) is 1.76. The van der Waals surface area contributed by atoms with Gasteiger partial charge in [0.2, 0.25) is 5.95 Å². The van der Waals surface area contributed by atoms with Crippen LogP contribution < -0.4 is 10.6 Å². The molecule has 3 N–H and O–H groups in total. The molecule has 0 bridgehead atoms. The first kappa shape index (κ1) is 12.3. The second kappa shape index (κ2) is 4.80. The summed E-state index contributed by atoms with van der Waals surface area (Å²) in [4.78, 5) is 22.1. The molecule has 1 aromatic heterocycles.